The molecule has 1 aromatic carbocycles. The van der Waals surface area contributed by atoms with Gasteiger partial charge in [-0.3, -0.25) is 0 Å². The molecule has 0 radical (unpaired) electrons. The normalized spacial score (nSPS) is 17.4. The molecule has 0 unspecified atom stereocenters. The van der Waals surface area contributed by atoms with Crippen LogP contribution in [0.2, 0.25) is 0 Å². The molecule has 2 heteroatoms. The summed E-state index contributed by atoms with van der Waals surface area (Å²) in [7, 11) is 2.08. The molecular formula is C10H13NO. The molecule has 12 heavy (non-hydrogen) atoms. The molecule has 1 aromatic rings. The van der Waals surface area contributed by atoms with Crippen LogP contribution in [0.1, 0.15) is 11.1 Å². The van der Waals surface area contributed by atoms with E-state index in [0.717, 1.165) is 25.1 Å². The Kier molecular flexibility index (Phi) is 1.77. The predicted octanol–water partition coefficient (Wildman–Crippen LogP) is 1.38. The number of phenols is 1. The summed E-state index contributed by atoms with van der Waals surface area (Å²) in [4.78, 5) is 2.22. The maximum absolute atomic E-state index is 9.55. The highest BCUT2D eigenvalue weighted by atomic mass is 16.3. The molecule has 0 saturated carbocycles. The number of likely N-dealkylation sites (N-methyl/N-ethyl adjacent to an activating group) is 1. The van der Waals surface area contributed by atoms with Gasteiger partial charge in [0.2, 0.25) is 0 Å². The van der Waals surface area contributed by atoms with Gasteiger partial charge in [0.05, 0.1) is 0 Å². The van der Waals surface area contributed by atoms with Gasteiger partial charge in [-0.1, -0.05) is 12.1 Å². The average molecular weight is 163 g/mol. The van der Waals surface area contributed by atoms with Gasteiger partial charge in [-0.05, 0) is 25.1 Å². The van der Waals surface area contributed by atoms with Crippen LogP contribution in [-0.4, -0.2) is 23.6 Å². The summed E-state index contributed by atoms with van der Waals surface area (Å²) in [6, 6.07) is 5.78. The SMILES string of the molecule is CN1CCc2cccc(O)c2C1. The summed E-state index contributed by atoms with van der Waals surface area (Å²) in [5.74, 6) is 0.444. The molecule has 0 aliphatic carbocycles. The van der Waals surface area contributed by atoms with E-state index in [9.17, 15) is 5.11 Å². The summed E-state index contributed by atoms with van der Waals surface area (Å²) >= 11 is 0. The Morgan fingerprint density at radius 2 is 2.25 bits per heavy atom. The van der Waals surface area contributed by atoms with E-state index in [1.165, 1.54) is 5.56 Å². The van der Waals surface area contributed by atoms with Crippen molar-refractivity contribution in [2.75, 3.05) is 13.6 Å². The maximum atomic E-state index is 9.55. The minimum Gasteiger partial charge on any atom is -0.508 e. The van der Waals surface area contributed by atoms with Crippen LogP contribution in [0.5, 0.6) is 5.75 Å². The minimum atomic E-state index is 0.444. The second-order valence-corrected chi connectivity index (χ2v) is 3.40. The number of aromatic hydroxyl groups is 1. The van der Waals surface area contributed by atoms with Crippen molar-refractivity contribution in [1.29, 1.82) is 0 Å². The third-order valence-corrected chi connectivity index (χ3v) is 2.44. The number of nitrogens with zero attached hydrogens (tertiary/aromatic N) is 1. The van der Waals surface area contributed by atoms with Crippen LogP contribution >= 0.6 is 0 Å². The zero-order chi connectivity index (χ0) is 8.55. The molecule has 1 aliphatic heterocycles. The molecule has 0 spiro atoms. The van der Waals surface area contributed by atoms with E-state index >= 15 is 0 Å². The van der Waals surface area contributed by atoms with Gasteiger partial charge in [-0.15, -0.1) is 0 Å². The lowest BCUT2D eigenvalue weighted by Crippen LogP contribution is -2.26. The van der Waals surface area contributed by atoms with Crippen LogP contribution in [0.25, 0.3) is 0 Å². The Morgan fingerprint density at radius 1 is 1.42 bits per heavy atom. The first-order chi connectivity index (χ1) is 5.77. The lowest BCUT2D eigenvalue weighted by molar-refractivity contribution is 0.305. The number of phenolic OH excluding ortho intramolecular Hbond substituents is 1. The van der Waals surface area contributed by atoms with Crippen molar-refractivity contribution in [2.45, 2.75) is 13.0 Å². The lowest BCUT2D eigenvalue weighted by Gasteiger charge is -2.25. The van der Waals surface area contributed by atoms with Gasteiger partial charge < -0.3 is 10.0 Å². The first-order valence-corrected chi connectivity index (χ1v) is 4.25. The van der Waals surface area contributed by atoms with Gasteiger partial charge in [0, 0.05) is 18.7 Å². The van der Waals surface area contributed by atoms with Crippen LogP contribution in [0.4, 0.5) is 0 Å². The maximum Gasteiger partial charge on any atom is 0.120 e. The first-order valence-electron chi connectivity index (χ1n) is 4.25. The van der Waals surface area contributed by atoms with Gasteiger partial charge in [-0.2, -0.15) is 0 Å². The Hall–Kier alpha value is -1.02. The molecule has 0 atom stereocenters. The van der Waals surface area contributed by atoms with E-state index in [1.807, 2.05) is 6.07 Å². The summed E-state index contributed by atoms with van der Waals surface area (Å²) in [5.41, 5.74) is 2.40. The highest BCUT2D eigenvalue weighted by Gasteiger charge is 2.15. The third kappa shape index (κ3) is 1.18. The Balaban J connectivity index is 2.43. The molecule has 1 N–H and O–H groups in total. The van der Waals surface area contributed by atoms with E-state index in [-0.39, 0.29) is 0 Å². The molecule has 0 fully saturated rings. The highest BCUT2D eigenvalue weighted by molar-refractivity contribution is 5.40. The molecule has 2 rings (SSSR count). The van der Waals surface area contributed by atoms with Gasteiger partial charge in [0.25, 0.3) is 0 Å². The minimum absolute atomic E-state index is 0.444. The number of rotatable bonds is 0. The monoisotopic (exact) mass is 163 g/mol. The summed E-state index contributed by atoms with van der Waals surface area (Å²) in [6.45, 7) is 1.97. The van der Waals surface area contributed by atoms with Crippen molar-refractivity contribution in [3.05, 3.63) is 29.3 Å². The largest absolute Gasteiger partial charge is 0.508 e. The molecule has 64 valence electrons. The Bertz CT molecular complexity index is 296. The average Bonchev–Trinajstić information content (AvgIpc) is 2.07. The van der Waals surface area contributed by atoms with Crippen molar-refractivity contribution < 1.29 is 5.11 Å². The van der Waals surface area contributed by atoms with Crippen LogP contribution in [0.15, 0.2) is 18.2 Å². The van der Waals surface area contributed by atoms with Crippen LogP contribution in [0.3, 0.4) is 0 Å². The zero-order valence-corrected chi connectivity index (χ0v) is 7.25. The van der Waals surface area contributed by atoms with Crippen molar-refractivity contribution in [3.63, 3.8) is 0 Å². The van der Waals surface area contributed by atoms with E-state index in [2.05, 4.69) is 18.0 Å². The first kappa shape index (κ1) is 7.62. The molecule has 1 aliphatic rings. The molecule has 2 nitrogen and oxygen atoms in total. The molecule has 0 saturated heterocycles. The van der Waals surface area contributed by atoms with Gasteiger partial charge >= 0.3 is 0 Å². The predicted molar refractivity (Wildman–Crippen MR) is 48.1 cm³/mol. The summed E-state index contributed by atoms with van der Waals surface area (Å²) in [6.07, 6.45) is 1.06. The number of benzene rings is 1. The number of hydrogen-bond donors (Lipinski definition) is 1. The van der Waals surface area contributed by atoms with E-state index < -0.39 is 0 Å². The van der Waals surface area contributed by atoms with E-state index in [1.54, 1.807) is 6.07 Å². The topological polar surface area (TPSA) is 23.5 Å². The fourth-order valence-corrected chi connectivity index (χ4v) is 1.70. The lowest BCUT2D eigenvalue weighted by atomic mass is 9.99. The second kappa shape index (κ2) is 2.79. The van der Waals surface area contributed by atoms with Crippen LogP contribution in [-0.2, 0) is 13.0 Å². The molecule has 0 amide bonds. The quantitative estimate of drug-likeness (QED) is 0.624. The fraction of sp³-hybridized carbons (Fsp3) is 0.400. The molecule has 0 aromatic heterocycles. The molecular weight excluding hydrogens is 150 g/mol. The Labute approximate surface area is 72.4 Å². The fourth-order valence-electron chi connectivity index (χ4n) is 1.70. The summed E-state index contributed by atoms with van der Waals surface area (Å²) < 4.78 is 0. The zero-order valence-electron chi connectivity index (χ0n) is 7.25. The summed E-state index contributed by atoms with van der Waals surface area (Å²) in [5, 5.41) is 9.55. The number of fused-ring (bicyclic) bond motifs is 1. The van der Waals surface area contributed by atoms with Crippen molar-refractivity contribution in [1.82, 2.24) is 4.90 Å². The van der Waals surface area contributed by atoms with Crippen LogP contribution in [0, 0.1) is 0 Å². The van der Waals surface area contributed by atoms with E-state index in [0.29, 0.717) is 5.75 Å². The van der Waals surface area contributed by atoms with Crippen molar-refractivity contribution in [2.24, 2.45) is 0 Å². The molecule has 1 heterocycles. The van der Waals surface area contributed by atoms with E-state index in [4.69, 9.17) is 0 Å². The van der Waals surface area contributed by atoms with Gasteiger partial charge in [0.1, 0.15) is 5.75 Å². The van der Waals surface area contributed by atoms with Crippen molar-refractivity contribution >= 4 is 0 Å². The van der Waals surface area contributed by atoms with Crippen LogP contribution < -0.4 is 0 Å². The third-order valence-electron chi connectivity index (χ3n) is 2.44. The second-order valence-electron chi connectivity index (χ2n) is 3.40. The van der Waals surface area contributed by atoms with Gasteiger partial charge in [0.15, 0.2) is 0 Å². The highest BCUT2D eigenvalue weighted by Crippen LogP contribution is 2.25. The Morgan fingerprint density at radius 3 is 3.08 bits per heavy atom. The smallest absolute Gasteiger partial charge is 0.120 e. The molecule has 0 bridgehead atoms. The van der Waals surface area contributed by atoms with Crippen molar-refractivity contribution in [3.8, 4) is 5.75 Å². The number of hydrogen-bond acceptors (Lipinski definition) is 2. The van der Waals surface area contributed by atoms with Gasteiger partial charge in [-0.25, -0.2) is 0 Å². The standard InChI is InChI=1S/C10H13NO/c1-11-6-5-8-3-2-4-10(12)9(8)7-11/h2-4,12H,5-7H2,1H3.